The molecular formula is C33H39Cl3O6SiTi. The van der Waals surface area contributed by atoms with Crippen LogP contribution in [0.15, 0.2) is 76.9 Å². The van der Waals surface area contributed by atoms with Gasteiger partial charge in [-0.15, -0.1) is 0 Å². The van der Waals surface area contributed by atoms with Crippen LogP contribution in [0.25, 0.3) is 0 Å². The second-order valence-electron chi connectivity index (χ2n) is 10.3. The van der Waals surface area contributed by atoms with Gasteiger partial charge in [-0.3, -0.25) is 0 Å². The average Bonchev–Trinajstić information content (AvgIpc) is 3.16. The Morgan fingerprint density at radius 3 is 0.818 bits per heavy atom. The van der Waals surface area contributed by atoms with Crippen LogP contribution in [0.1, 0.15) is 27.7 Å². The van der Waals surface area contributed by atoms with Crippen LogP contribution < -0.4 is 81.2 Å². The van der Waals surface area contributed by atoms with E-state index in [1.165, 1.54) is 22.3 Å². The third kappa shape index (κ3) is 6.37. The molecule has 3 aromatic carbocycles. The summed E-state index contributed by atoms with van der Waals surface area (Å²) < 4.78 is 34.7. The van der Waals surface area contributed by atoms with E-state index in [0.717, 1.165) is 50.1 Å². The molecule has 0 atom stereocenters. The summed E-state index contributed by atoms with van der Waals surface area (Å²) in [5.74, 6) is 4.33. The van der Waals surface area contributed by atoms with Gasteiger partial charge in [0, 0.05) is 0 Å². The van der Waals surface area contributed by atoms with Gasteiger partial charge in [-0.05, 0) is 0 Å². The summed E-state index contributed by atoms with van der Waals surface area (Å²) in [5.41, 5.74) is 5.26. The minimum Gasteiger partial charge on any atom is -1.00 e. The van der Waals surface area contributed by atoms with Gasteiger partial charge in [-0.2, -0.15) is 0 Å². The van der Waals surface area contributed by atoms with Crippen molar-refractivity contribution in [2.45, 2.75) is 31.0 Å². The van der Waals surface area contributed by atoms with Crippen molar-refractivity contribution in [1.82, 2.24) is 0 Å². The van der Waals surface area contributed by atoms with Crippen LogP contribution in [0.3, 0.4) is 0 Å². The molecule has 44 heavy (non-hydrogen) atoms. The number of hydrogen-bond donors (Lipinski definition) is 0. The minimum atomic E-state index is -3.21. The van der Waals surface area contributed by atoms with E-state index in [-0.39, 0.29) is 37.2 Å². The molecule has 0 N–H and O–H groups in total. The molecule has 0 radical (unpaired) electrons. The maximum Gasteiger partial charge on any atom is -1.00 e. The van der Waals surface area contributed by atoms with Gasteiger partial charge in [0.15, 0.2) is 0 Å². The Labute approximate surface area is 293 Å². The average molecular weight is 714 g/mol. The third-order valence-corrected chi connectivity index (χ3v) is 17.0. The van der Waals surface area contributed by atoms with E-state index in [2.05, 4.69) is 84.5 Å². The summed E-state index contributed by atoms with van der Waals surface area (Å²) in [6, 6.07) is 18.7. The SMILES string of the molecule is COc1cc(OC)cc([Si](c2cc(OC)cc(OC)c2)(c2cc(OC)cc(OC)c2)[C]2([Ti+3])C(C)=C(C)C(C)=C2C)c1.[Cl-].[Cl-].[Cl-]. The fourth-order valence-electron chi connectivity index (χ4n) is 6.19. The zero-order valence-electron chi connectivity index (χ0n) is 26.8. The van der Waals surface area contributed by atoms with Crippen LogP contribution in [0, 0.1) is 0 Å². The maximum atomic E-state index is 5.85. The summed E-state index contributed by atoms with van der Waals surface area (Å²) >= 11 is 2.38. The Morgan fingerprint density at radius 2 is 0.636 bits per heavy atom. The summed E-state index contributed by atoms with van der Waals surface area (Å²) in [4.78, 5) is 0. The molecule has 1 aliphatic rings. The molecule has 6 nitrogen and oxygen atoms in total. The molecule has 0 aromatic heterocycles. The number of methoxy groups -OCH3 is 6. The van der Waals surface area contributed by atoms with Gasteiger partial charge in [0.05, 0.1) is 0 Å². The molecule has 0 unspecified atom stereocenters. The minimum absolute atomic E-state index is 0. The van der Waals surface area contributed by atoms with Gasteiger partial charge < -0.3 is 37.2 Å². The molecule has 0 spiro atoms. The largest absolute Gasteiger partial charge is 1.00 e. The third-order valence-electron chi connectivity index (χ3n) is 8.73. The van der Waals surface area contributed by atoms with Gasteiger partial charge in [-0.25, -0.2) is 0 Å². The van der Waals surface area contributed by atoms with Crippen molar-refractivity contribution in [3.05, 3.63) is 76.9 Å². The van der Waals surface area contributed by atoms with Crippen LogP contribution in [-0.4, -0.2) is 50.7 Å². The Morgan fingerprint density at radius 1 is 0.432 bits per heavy atom. The first-order valence-electron chi connectivity index (χ1n) is 13.4. The molecule has 0 saturated heterocycles. The van der Waals surface area contributed by atoms with Crippen molar-refractivity contribution in [3.8, 4) is 34.5 Å². The Hall–Kier alpha value is -2.26. The first-order valence-corrected chi connectivity index (χ1v) is 16.2. The Bertz CT molecular complexity index is 1320. The molecule has 0 bridgehead atoms. The van der Waals surface area contributed by atoms with E-state index in [4.69, 9.17) is 28.4 Å². The predicted octanol–water partition coefficient (Wildman–Crippen LogP) is -3.85. The smallest absolute Gasteiger partial charge is 1.00 e. The van der Waals surface area contributed by atoms with Crippen LogP contribution in [0.4, 0.5) is 0 Å². The van der Waals surface area contributed by atoms with Gasteiger partial charge in [0.1, 0.15) is 0 Å². The molecule has 236 valence electrons. The van der Waals surface area contributed by atoms with Gasteiger partial charge in [0.25, 0.3) is 0 Å². The molecule has 0 amide bonds. The second kappa shape index (κ2) is 15.8. The Balaban J connectivity index is 0.00000323. The van der Waals surface area contributed by atoms with Crippen LogP contribution in [0.5, 0.6) is 34.5 Å². The van der Waals surface area contributed by atoms with Crippen molar-refractivity contribution >= 4 is 23.6 Å². The topological polar surface area (TPSA) is 55.4 Å². The van der Waals surface area contributed by atoms with E-state index < -0.39 is 11.4 Å². The maximum absolute atomic E-state index is 5.85. The summed E-state index contributed by atoms with van der Waals surface area (Å²) in [7, 11) is 6.92. The van der Waals surface area contributed by atoms with E-state index in [9.17, 15) is 0 Å². The molecule has 0 saturated carbocycles. The number of allylic oxidation sites excluding steroid dienone is 4. The molecule has 0 heterocycles. The number of hydrogen-bond acceptors (Lipinski definition) is 6. The van der Waals surface area contributed by atoms with E-state index in [1.807, 2.05) is 18.2 Å². The van der Waals surface area contributed by atoms with Crippen molar-refractivity contribution in [2.24, 2.45) is 0 Å². The van der Waals surface area contributed by atoms with Crippen molar-refractivity contribution < 1.29 is 86.1 Å². The predicted molar refractivity (Wildman–Crippen MR) is 163 cm³/mol. The fraction of sp³-hybridized carbons (Fsp3) is 0.333. The monoisotopic (exact) mass is 712 g/mol. The number of halogens is 3. The fourth-order valence-corrected chi connectivity index (χ4v) is 14.8. The van der Waals surface area contributed by atoms with Crippen LogP contribution in [-0.2, 0) is 20.4 Å². The van der Waals surface area contributed by atoms with Crippen LogP contribution in [0.2, 0.25) is 3.34 Å². The van der Waals surface area contributed by atoms with Gasteiger partial charge in [0.2, 0.25) is 0 Å². The van der Waals surface area contributed by atoms with E-state index in [1.54, 1.807) is 42.7 Å². The summed E-state index contributed by atoms with van der Waals surface area (Å²) in [6.07, 6.45) is 0. The molecule has 4 rings (SSSR count). The first-order chi connectivity index (χ1) is 19.5. The first kappa shape index (κ1) is 39.8. The van der Waals surface area contributed by atoms with Crippen LogP contribution >= 0.6 is 0 Å². The number of rotatable bonds is 10. The van der Waals surface area contributed by atoms with Crippen molar-refractivity contribution in [1.29, 1.82) is 0 Å². The standard InChI is InChI=1S/C33H39O6Si.3ClH.Ti/c1-20-21(2)23(4)33(22(20)3)40(30-14-24(34-5)11-25(15-30)35-6,31-16-26(36-7)12-27(17-31)37-8)32-18-28(38-9)13-29(19-32)39-10;;;;/h11-19H,1-10H3;3*1H;/q;;;;+3/p-3. The zero-order valence-corrected chi connectivity index (χ0v) is 31.6. The molecule has 11 heteroatoms. The number of benzene rings is 3. The normalized spacial score (nSPS) is 13.7. The molecule has 0 aliphatic heterocycles. The summed E-state index contributed by atoms with van der Waals surface area (Å²) in [6.45, 7) is 8.98. The van der Waals surface area contributed by atoms with Crippen molar-refractivity contribution in [2.75, 3.05) is 42.7 Å². The van der Waals surface area contributed by atoms with Gasteiger partial charge in [-0.1, -0.05) is 0 Å². The molecular weight excluding hydrogens is 675 g/mol. The Kier molecular flexibility index (Phi) is 14.3. The second-order valence-corrected chi connectivity index (χ2v) is 16.2. The quantitative estimate of drug-likeness (QED) is 0.159. The zero-order chi connectivity index (χ0) is 30.1. The summed E-state index contributed by atoms with van der Waals surface area (Å²) in [5, 5.41) is 3.34. The molecule has 1 aliphatic carbocycles. The van der Waals surface area contributed by atoms with E-state index >= 15 is 0 Å². The molecule has 3 aromatic rings. The number of ether oxygens (including phenoxy) is 6. The van der Waals surface area contributed by atoms with Crippen molar-refractivity contribution in [3.63, 3.8) is 0 Å². The molecule has 0 fully saturated rings. The van der Waals surface area contributed by atoms with E-state index in [0.29, 0.717) is 0 Å². The van der Waals surface area contributed by atoms with Gasteiger partial charge >= 0.3 is 258 Å².